The van der Waals surface area contributed by atoms with E-state index in [4.69, 9.17) is 5.11 Å². The highest BCUT2D eigenvalue weighted by Crippen LogP contribution is 2.18. The zero-order chi connectivity index (χ0) is 15.1. The van der Waals surface area contributed by atoms with Crippen molar-refractivity contribution in [1.82, 2.24) is 15.5 Å². The first-order chi connectivity index (χ1) is 10.1. The highest BCUT2D eigenvalue weighted by Gasteiger charge is 2.16. The molecular weight excluding hydrogens is 270 g/mol. The summed E-state index contributed by atoms with van der Waals surface area (Å²) in [4.78, 5) is 22.8. The fourth-order valence-electron chi connectivity index (χ4n) is 2.08. The number of carboxylic acid groups (broad SMARTS) is 1. The second-order valence-electron chi connectivity index (χ2n) is 4.72. The summed E-state index contributed by atoms with van der Waals surface area (Å²) in [5, 5.41) is 18.2. The van der Waals surface area contributed by atoms with E-state index in [1.807, 2.05) is 30.3 Å². The molecule has 1 amide bonds. The van der Waals surface area contributed by atoms with E-state index in [9.17, 15) is 9.59 Å². The lowest BCUT2D eigenvalue weighted by Gasteiger charge is -2.18. The first kappa shape index (κ1) is 14.8. The van der Waals surface area contributed by atoms with Crippen molar-refractivity contribution in [3.05, 3.63) is 53.9 Å². The quantitative estimate of drug-likeness (QED) is 0.722. The average Bonchev–Trinajstić information content (AvgIpc) is 2.97. The first-order valence-corrected chi connectivity index (χ1v) is 6.69. The van der Waals surface area contributed by atoms with Gasteiger partial charge in [-0.1, -0.05) is 30.3 Å². The van der Waals surface area contributed by atoms with Crippen molar-refractivity contribution >= 4 is 11.9 Å². The molecule has 0 bridgehead atoms. The third-order valence-electron chi connectivity index (χ3n) is 3.09. The topological polar surface area (TPSA) is 95.1 Å². The largest absolute Gasteiger partial charge is 0.481 e. The van der Waals surface area contributed by atoms with Crippen molar-refractivity contribution in [2.45, 2.75) is 25.3 Å². The Labute approximate surface area is 122 Å². The minimum Gasteiger partial charge on any atom is -0.481 e. The number of nitrogens with one attached hydrogen (secondary N) is 2. The third-order valence-corrected chi connectivity index (χ3v) is 3.09. The number of aliphatic carboxylic acids is 1. The number of carboxylic acids is 1. The number of aromatic amines is 1. The monoisotopic (exact) mass is 287 g/mol. The number of rotatable bonds is 7. The van der Waals surface area contributed by atoms with Crippen molar-refractivity contribution in [2.24, 2.45) is 0 Å². The Hall–Kier alpha value is -2.63. The molecule has 0 saturated heterocycles. The first-order valence-electron chi connectivity index (χ1n) is 6.69. The molecule has 0 spiro atoms. The summed E-state index contributed by atoms with van der Waals surface area (Å²) in [6.45, 7) is 0. The molecule has 0 aliphatic rings. The minimum absolute atomic E-state index is 0.00387. The summed E-state index contributed by atoms with van der Waals surface area (Å²) in [5.74, 6) is -1.04. The summed E-state index contributed by atoms with van der Waals surface area (Å²) in [7, 11) is 0. The molecule has 3 N–H and O–H groups in total. The highest BCUT2D eigenvalue weighted by molar-refractivity contribution is 5.78. The number of aromatic nitrogens is 2. The SMILES string of the molecule is O=C(O)CCC(NC(=O)Cc1ccn[nH]1)c1ccccc1. The van der Waals surface area contributed by atoms with Gasteiger partial charge in [0, 0.05) is 18.3 Å². The summed E-state index contributed by atoms with van der Waals surface area (Å²) >= 11 is 0. The van der Waals surface area contributed by atoms with Crippen LogP contribution in [-0.4, -0.2) is 27.2 Å². The van der Waals surface area contributed by atoms with Gasteiger partial charge in [-0.2, -0.15) is 5.10 Å². The fraction of sp³-hybridized carbons (Fsp3) is 0.267. The third kappa shape index (κ3) is 4.76. The molecule has 0 saturated carbocycles. The van der Waals surface area contributed by atoms with E-state index < -0.39 is 5.97 Å². The Balaban J connectivity index is 2.01. The summed E-state index contributed by atoms with van der Waals surface area (Å²) in [6.07, 6.45) is 2.14. The van der Waals surface area contributed by atoms with Crippen molar-refractivity contribution < 1.29 is 14.7 Å². The molecule has 1 atom stereocenters. The number of H-pyrrole nitrogens is 1. The molecule has 110 valence electrons. The lowest BCUT2D eigenvalue weighted by atomic mass is 10.0. The Morgan fingerprint density at radius 2 is 2.00 bits per heavy atom. The van der Waals surface area contributed by atoms with Gasteiger partial charge in [0.2, 0.25) is 5.91 Å². The van der Waals surface area contributed by atoms with E-state index in [0.717, 1.165) is 11.3 Å². The molecule has 1 aromatic heterocycles. The number of hydrogen-bond donors (Lipinski definition) is 3. The summed E-state index contributed by atoms with van der Waals surface area (Å²) in [6, 6.07) is 10.8. The lowest BCUT2D eigenvalue weighted by Crippen LogP contribution is -2.30. The Bertz CT molecular complexity index is 581. The number of carbonyl (C=O) groups is 2. The van der Waals surface area contributed by atoms with Crippen LogP contribution in [0.5, 0.6) is 0 Å². The van der Waals surface area contributed by atoms with Gasteiger partial charge >= 0.3 is 5.97 Å². The lowest BCUT2D eigenvalue weighted by molar-refractivity contribution is -0.137. The molecule has 1 aromatic carbocycles. The zero-order valence-electron chi connectivity index (χ0n) is 11.5. The highest BCUT2D eigenvalue weighted by atomic mass is 16.4. The standard InChI is InChI=1S/C15H17N3O3/c19-14(10-12-8-9-16-18-12)17-13(6-7-15(20)21)11-4-2-1-3-5-11/h1-5,8-9,13H,6-7,10H2,(H,16,18)(H,17,19)(H,20,21). The predicted molar refractivity (Wildman–Crippen MR) is 76.5 cm³/mol. The van der Waals surface area contributed by atoms with Crippen LogP contribution in [0.4, 0.5) is 0 Å². The van der Waals surface area contributed by atoms with Crippen LogP contribution in [0.25, 0.3) is 0 Å². The molecule has 2 aromatic rings. The maximum absolute atomic E-state index is 12.0. The molecule has 2 rings (SSSR count). The minimum atomic E-state index is -0.876. The molecule has 21 heavy (non-hydrogen) atoms. The Morgan fingerprint density at radius 3 is 2.62 bits per heavy atom. The van der Waals surface area contributed by atoms with E-state index in [-0.39, 0.29) is 24.8 Å². The number of carbonyl (C=O) groups excluding carboxylic acids is 1. The van der Waals surface area contributed by atoms with Crippen molar-refractivity contribution in [3.8, 4) is 0 Å². The molecule has 0 radical (unpaired) electrons. The van der Waals surface area contributed by atoms with Crippen LogP contribution in [0.15, 0.2) is 42.6 Å². The normalized spacial score (nSPS) is 11.8. The molecular formula is C15H17N3O3. The number of nitrogens with zero attached hydrogens (tertiary/aromatic N) is 1. The number of hydrogen-bond acceptors (Lipinski definition) is 3. The van der Waals surface area contributed by atoms with E-state index in [0.29, 0.717) is 6.42 Å². The van der Waals surface area contributed by atoms with Gasteiger partial charge in [0.25, 0.3) is 0 Å². The van der Waals surface area contributed by atoms with E-state index in [1.54, 1.807) is 12.3 Å². The van der Waals surface area contributed by atoms with Crippen molar-refractivity contribution in [3.63, 3.8) is 0 Å². The van der Waals surface area contributed by atoms with Crippen LogP contribution < -0.4 is 5.32 Å². The van der Waals surface area contributed by atoms with Gasteiger partial charge in [0.1, 0.15) is 0 Å². The van der Waals surface area contributed by atoms with E-state index in [2.05, 4.69) is 15.5 Å². The molecule has 0 aliphatic carbocycles. The number of amides is 1. The van der Waals surface area contributed by atoms with Gasteiger partial charge < -0.3 is 10.4 Å². The van der Waals surface area contributed by atoms with Gasteiger partial charge in [0.15, 0.2) is 0 Å². The van der Waals surface area contributed by atoms with Gasteiger partial charge in [-0.15, -0.1) is 0 Å². The number of benzene rings is 1. The van der Waals surface area contributed by atoms with Crippen LogP contribution >= 0.6 is 0 Å². The predicted octanol–water partition coefficient (Wildman–Crippen LogP) is 1.67. The van der Waals surface area contributed by atoms with Crippen molar-refractivity contribution in [1.29, 1.82) is 0 Å². The second kappa shape index (κ2) is 7.23. The maximum atomic E-state index is 12.0. The van der Waals surface area contributed by atoms with Gasteiger partial charge in [-0.25, -0.2) is 0 Å². The van der Waals surface area contributed by atoms with Crippen LogP contribution in [0.2, 0.25) is 0 Å². The van der Waals surface area contributed by atoms with Crippen LogP contribution in [0, 0.1) is 0 Å². The van der Waals surface area contributed by atoms with Gasteiger partial charge in [-0.3, -0.25) is 14.7 Å². The summed E-state index contributed by atoms with van der Waals surface area (Å²) in [5.41, 5.74) is 1.62. The van der Waals surface area contributed by atoms with Crippen LogP contribution in [-0.2, 0) is 16.0 Å². The molecule has 6 nitrogen and oxygen atoms in total. The van der Waals surface area contributed by atoms with Crippen LogP contribution in [0.1, 0.15) is 30.1 Å². The molecule has 1 unspecified atom stereocenters. The Morgan fingerprint density at radius 1 is 1.24 bits per heavy atom. The summed E-state index contributed by atoms with van der Waals surface area (Å²) < 4.78 is 0. The molecule has 1 heterocycles. The maximum Gasteiger partial charge on any atom is 0.303 e. The van der Waals surface area contributed by atoms with Crippen molar-refractivity contribution in [2.75, 3.05) is 0 Å². The van der Waals surface area contributed by atoms with Gasteiger partial charge in [0.05, 0.1) is 12.5 Å². The fourth-order valence-corrected chi connectivity index (χ4v) is 2.08. The smallest absolute Gasteiger partial charge is 0.303 e. The van der Waals surface area contributed by atoms with E-state index >= 15 is 0 Å². The average molecular weight is 287 g/mol. The second-order valence-corrected chi connectivity index (χ2v) is 4.72. The van der Waals surface area contributed by atoms with Crippen LogP contribution in [0.3, 0.4) is 0 Å². The zero-order valence-corrected chi connectivity index (χ0v) is 11.5. The molecule has 6 heteroatoms. The van der Waals surface area contributed by atoms with E-state index in [1.165, 1.54) is 0 Å². The Kier molecular flexibility index (Phi) is 5.09. The molecule has 0 aliphatic heterocycles. The molecule has 0 fully saturated rings. The van der Waals surface area contributed by atoms with Gasteiger partial charge in [-0.05, 0) is 18.1 Å².